The Bertz CT molecular complexity index is 524. The first kappa shape index (κ1) is 17.5. The van der Waals surface area contributed by atoms with Crippen LogP contribution in [0.2, 0.25) is 0 Å². The van der Waals surface area contributed by atoms with Crippen molar-refractivity contribution in [2.75, 3.05) is 13.2 Å². The fourth-order valence-electron chi connectivity index (χ4n) is 2.28. The molecule has 0 fully saturated rings. The fraction of sp³-hybridized carbons (Fsp3) is 0.600. The van der Waals surface area contributed by atoms with Crippen molar-refractivity contribution in [2.24, 2.45) is 0 Å². The quantitative estimate of drug-likeness (QED) is 0.540. The van der Waals surface area contributed by atoms with Crippen LogP contribution in [0.4, 0.5) is 0 Å². The number of aliphatic hydroxyl groups excluding tert-OH is 1. The van der Waals surface area contributed by atoms with E-state index in [1.165, 1.54) is 0 Å². The summed E-state index contributed by atoms with van der Waals surface area (Å²) in [4.78, 5) is 15.3. The van der Waals surface area contributed by atoms with Gasteiger partial charge in [-0.1, -0.05) is 32.0 Å². The smallest absolute Gasteiger partial charge is 0.295 e. The van der Waals surface area contributed by atoms with Gasteiger partial charge >= 0.3 is 0 Å². The van der Waals surface area contributed by atoms with Crippen molar-refractivity contribution in [1.29, 1.82) is 0 Å². The zero-order valence-corrected chi connectivity index (χ0v) is 13.2. The summed E-state index contributed by atoms with van der Waals surface area (Å²) in [5.74, 6) is 0.607. The van der Waals surface area contributed by atoms with E-state index in [4.69, 9.17) is 9.47 Å². The number of fused-ring (bicyclic) bond motifs is 1. The number of para-hydroxylation sites is 1. The van der Waals surface area contributed by atoms with Crippen LogP contribution in [0.15, 0.2) is 24.3 Å². The zero-order valence-electron chi connectivity index (χ0n) is 13.2. The molecule has 8 nitrogen and oxygen atoms in total. The van der Waals surface area contributed by atoms with Crippen LogP contribution in [-0.4, -0.2) is 47.9 Å². The summed E-state index contributed by atoms with van der Waals surface area (Å²) in [6, 6.07) is 7.47. The second kappa shape index (κ2) is 8.09. The molecule has 0 saturated carbocycles. The monoisotopic (exact) mass is 326 g/mol. The van der Waals surface area contributed by atoms with Crippen LogP contribution in [0.3, 0.4) is 0 Å². The molecule has 1 aromatic rings. The van der Waals surface area contributed by atoms with E-state index in [-0.39, 0.29) is 12.6 Å². The largest absolute Gasteiger partial charge is 0.462 e. The summed E-state index contributed by atoms with van der Waals surface area (Å²) >= 11 is 0. The topological polar surface area (TPSA) is 103 Å². The molecule has 0 aliphatic carbocycles. The van der Waals surface area contributed by atoms with Crippen LogP contribution in [0.5, 0.6) is 5.75 Å². The second-order valence-corrected chi connectivity index (χ2v) is 5.72. The number of ether oxygens (including phenoxy) is 2. The van der Waals surface area contributed by atoms with E-state index in [0.717, 1.165) is 5.56 Å². The highest BCUT2D eigenvalue weighted by molar-refractivity contribution is 5.35. The van der Waals surface area contributed by atoms with Gasteiger partial charge in [0.05, 0.1) is 12.7 Å². The summed E-state index contributed by atoms with van der Waals surface area (Å²) in [5, 5.41) is 22.8. The number of nitrogens with one attached hydrogen (secondary N) is 1. The molecule has 2 rings (SSSR count). The minimum absolute atomic E-state index is 0.00979. The highest BCUT2D eigenvalue weighted by Crippen LogP contribution is 2.29. The minimum atomic E-state index is -0.941. The van der Waals surface area contributed by atoms with E-state index in [9.17, 15) is 15.2 Å². The molecular formula is C15H22N2O6. The first-order valence-electron chi connectivity index (χ1n) is 7.54. The van der Waals surface area contributed by atoms with Crippen LogP contribution >= 0.6 is 0 Å². The molecule has 0 aromatic heterocycles. The Balaban J connectivity index is 1.95. The van der Waals surface area contributed by atoms with E-state index in [0.29, 0.717) is 18.7 Å². The van der Waals surface area contributed by atoms with Gasteiger partial charge in [0.2, 0.25) is 6.29 Å². The average Bonchev–Trinajstić information content (AvgIpc) is 2.50. The van der Waals surface area contributed by atoms with Crippen molar-refractivity contribution in [3.8, 4) is 5.75 Å². The number of nitrogens with zero attached hydrogens (tertiary/aromatic N) is 1. The summed E-state index contributed by atoms with van der Waals surface area (Å²) in [5.41, 5.74) is 0.821. The lowest BCUT2D eigenvalue weighted by Gasteiger charge is -2.32. The molecule has 0 amide bonds. The average molecular weight is 326 g/mol. The SMILES string of the molecule is CC(C)NCC(O)COC1Oc2ccccc2CC1O[N+](=O)[O-]. The number of benzene rings is 1. The Morgan fingerprint density at radius 1 is 1.48 bits per heavy atom. The van der Waals surface area contributed by atoms with Gasteiger partial charge < -0.3 is 24.7 Å². The summed E-state index contributed by atoms with van der Waals surface area (Å²) in [7, 11) is 0. The van der Waals surface area contributed by atoms with Crippen molar-refractivity contribution in [3.05, 3.63) is 39.9 Å². The molecule has 0 radical (unpaired) electrons. The van der Waals surface area contributed by atoms with E-state index in [1.807, 2.05) is 32.0 Å². The van der Waals surface area contributed by atoms with Gasteiger partial charge in [0.1, 0.15) is 5.75 Å². The maximum atomic E-state index is 10.7. The molecule has 1 aliphatic heterocycles. The van der Waals surface area contributed by atoms with Crippen LogP contribution in [0, 0.1) is 10.1 Å². The summed E-state index contributed by atoms with van der Waals surface area (Å²) < 4.78 is 11.1. The molecule has 1 aliphatic rings. The zero-order chi connectivity index (χ0) is 16.8. The summed E-state index contributed by atoms with van der Waals surface area (Å²) in [6.45, 7) is 4.29. The third-order valence-electron chi connectivity index (χ3n) is 3.38. The molecule has 1 aromatic carbocycles. The van der Waals surface area contributed by atoms with Gasteiger partial charge in [0.25, 0.3) is 5.09 Å². The lowest BCUT2D eigenvalue weighted by Crippen LogP contribution is -2.44. The van der Waals surface area contributed by atoms with Crippen molar-refractivity contribution < 1.29 is 24.5 Å². The molecule has 0 saturated heterocycles. The Morgan fingerprint density at radius 3 is 2.91 bits per heavy atom. The van der Waals surface area contributed by atoms with Crippen LogP contribution < -0.4 is 10.1 Å². The van der Waals surface area contributed by atoms with Crippen LogP contribution in [0.1, 0.15) is 19.4 Å². The highest BCUT2D eigenvalue weighted by Gasteiger charge is 2.34. The van der Waals surface area contributed by atoms with E-state index >= 15 is 0 Å². The van der Waals surface area contributed by atoms with Gasteiger partial charge in [0, 0.05) is 19.0 Å². The van der Waals surface area contributed by atoms with Crippen LogP contribution in [-0.2, 0) is 16.0 Å². The minimum Gasteiger partial charge on any atom is -0.462 e. The van der Waals surface area contributed by atoms with Gasteiger partial charge in [-0.05, 0) is 11.6 Å². The molecular weight excluding hydrogens is 304 g/mol. The lowest BCUT2D eigenvalue weighted by atomic mass is 10.0. The number of aliphatic hydroxyl groups is 1. The Hall–Kier alpha value is -1.90. The normalized spacial score (nSPS) is 21.4. The molecule has 0 spiro atoms. The number of rotatable bonds is 8. The molecule has 2 N–H and O–H groups in total. The van der Waals surface area contributed by atoms with Crippen LogP contribution in [0.25, 0.3) is 0 Å². The van der Waals surface area contributed by atoms with Gasteiger partial charge in [-0.15, -0.1) is 10.1 Å². The molecule has 1 heterocycles. The molecule has 23 heavy (non-hydrogen) atoms. The van der Waals surface area contributed by atoms with Crippen molar-refractivity contribution in [1.82, 2.24) is 5.32 Å². The third kappa shape index (κ3) is 5.34. The Morgan fingerprint density at radius 2 is 2.22 bits per heavy atom. The first-order valence-corrected chi connectivity index (χ1v) is 7.54. The standard InChI is InChI=1S/C15H22N2O6/c1-10(2)16-8-12(18)9-21-15-14(23-17(19)20)7-11-5-3-4-6-13(11)22-15/h3-6,10,12,14-16,18H,7-9H2,1-2H3. The van der Waals surface area contributed by atoms with Crippen molar-refractivity contribution in [2.45, 2.75) is 44.8 Å². The Kier molecular flexibility index (Phi) is 6.14. The molecule has 0 bridgehead atoms. The van der Waals surface area contributed by atoms with E-state index in [1.54, 1.807) is 6.07 Å². The lowest BCUT2D eigenvalue weighted by molar-refractivity contribution is -0.772. The van der Waals surface area contributed by atoms with Gasteiger partial charge in [-0.2, -0.15) is 0 Å². The van der Waals surface area contributed by atoms with E-state index in [2.05, 4.69) is 10.2 Å². The predicted molar refractivity (Wildman–Crippen MR) is 81.5 cm³/mol. The molecule has 3 atom stereocenters. The first-order chi connectivity index (χ1) is 11.0. The third-order valence-corrected chi connectivity index (χ3v) is 3.38. The maximum absolute atomic E-state index is 10.7. The van der Waals surface area contributed by atoms with Gasteiger partial charge in [-0.25, -0.2) is 0 Å². The molecule has 8 heteroatoms. The highest BCUT2D eigenvalue weighted by atomic mass is 17.0. The van der Waals surface area contributed by atoms with Crippen molar-refractivity contribution in [3.63, 3.8) is 0 Å². The number of hydrogen-bond donors (Lipinski definition) is 2. The molecule has 3 unspecified atom stereocenters. The predicted octanol–water partition coefficient (Wildman–Crippen LogP) is 0.900. The van der Waals surface area contributed by atoms with Gasteiger partial charge in [0.15, 0.2) is 6.10 Å². The second-order valence-electron chi connectivity index (χ2n) is 5.72. The maximum Gasteiger partial charge on any atom is 0.295 e. The Labute approximate surface area is 134 Å². The number of hydrogen-bond acceptors (Lipinski definition) is 7. The van der Waals surface area contributed by atoms with Crippen molar-refractivity contribution >= 4 is 0 Å². The van der Waals surface area contributed by atoms with E-state index < -0.39 is 23.6 Å². The molecule has 128 valence electrons. The summed E-state index contributed by atoms with van der Waals surface area (Å²) in [6.07, 6.45) is -2.24. The van der Waals surface area contributed by atoms with Gasteiger partial charge in [-0.3, -0.25) is 0 Å². The fourth-order valence-corrected chi connectivity index (χ4v) is 2.28.